The highest BCUT2D eigenvalue weighted by Crippen LogP contribution is 2.24. The van der Waals surface area contributed by atoms with Crippen LogP contribution >= 0.6 is 23.1 Å². The van der Waals surface area contributed by atoms with Crippen LogP contribution in [0.3, 0.4) is 0 Å². The molecule has 2 aromatic heterocycles. The van der Waals surface area contributed by atoms with Crippen molar-refractivity contribution >= 4 is 76.9 Å². The van der Waals surface area contributed by atoms with Gasteiger partial charge in [0.2, 0.25) is 12.7 Å². The van der Waals surface area contributed by atoms with Crippen molar-refractivity contribution in [1.82, 2.24) is 8.75 Å². The second kappa shape index (κ2) is 19.3. The Morgan fingerprint density at radius 3 is 1.65 bits per heavy atom. The molecule has 22 heteroatoms. The van der Waals surface area contributed by atoms with E-state index in [0.29, 0.717) is 53.4 Å². The number of likely N-dealkylation sites (N-methyl/N-ethyl adjacent to an activating group) is 1. The Morgan fingerprint density at radius 2 is 1.24 bits per heavy atom. The van der Waals surface area contributed by atoms with Crippen LogP contribution in [-0.2, 0) is 47.5 Å². The van der Waals surface area contributed by atoms with Crippen LogP contribution < -0.4 is 19.1 Å². The summed E-state index contributed by atoms with van der Waals surface area (Å²) in [7, 11) is -4.82. The topological polar surface area (TPSA) is 206 Å². The van der Waals surface area contributed by atoms with E-state index in [4.69, 9.17) is 13.0 Å². The van der Waals surface area contributed by atoms with E-state index < -0.39 is 20.8 Å². The number of hydrogen-bond acceptors (Lipinski definition) is 17. The second-order valence-electron chi connectivity index (χ2n) is 9.67. The summed E-state index contributed by atoms with van der Waals surface area (Å²) in [6.45, 7) is 6.78. The third-order valence-corrected chi connectivity index (χ3v) is 8.79. The fourth-order valence-corrected chi connectivity index (χ4v) is 5.81. The highest BCUT2D eigenvalue weighted by atomic mass is 32.3. The molecule has 0 amide bonds. The fraction of sp³-hybridized carbons (Fsp3) is 0.407. The number of rotatable bonds is 17. The minimum atomic E-state index is -4.41. The molecule has 1 N–H and O–H groups in total. The first-order chi connectivity index (χ1) is 23.3. The zero-order chi connectivity index (χ0) is 35.9. The number of azo groups is 2. The summed E-state index contributed by atoms with van der Waals surface area (Å²) in [4.78, 5) is 1.91. The van der Waals surface area contributed by atoms with E-state index in [1.807, 2.05) is 57.1 Å². The van der Waals surface area contributed by atoms with Gasteiger partial charge in [0, 0.05) is 35.6 Å². The van der Waals surface area contributed by atoms with Crippen molar-refractivity contribution in [3.8, 4) is 0 Å². The van der Waals surface area contributed by atoms with Gasteiger partial charge in [-0.2, -0.15) is 16.8 Å². The predicted octanol–water partition coefficient (Wildman–Crippen LogP) is 4.84. The molecule has 0 atom stereocenters. The maximum absolute atomic E-state index is 11.7. The number of aromatic nitrogens is 4. The summed E-state index contributed by atoms with van der Waals surface area (Å²) in [5.41, 5.74) is 2.77. The van der Waals surface area contributed by atoms with Crippen molar-refractivity contribution in [2.45, 2.75) is 27.2 Å². The minimum Gasteiger partial charge on any atom is -0.369 e. The van der Waals surface area contributed by atoms with Crippen LogP contribution in [-0.4, -0.2) is 63.0 Å². The van der Waals surface area contributed by atoms with Gasteiger partial charge in [-0.25, -0.2) is 22.6 Å². The SMILES string of the molecule is CCCOS(=O)(=O)ON(CC)c1ccc(N=Nc2snc[n+]2C)cc1.CCN(CCOS(=O)(=O)O)c1ccc(N=Nc2snc[n+]2C)cc1. The predicted molar refractivity (Wildman–Crippen MR) is 182 cm³/mol. The Hall–Kier alpha value is -3.90. The van der Waals surface area contributed by atoms with Gasteiger partial charge in [0.25, 0.3) is 0 Å². The van der Waals surface area contributed by atoms with E-state index in [-0.39, 0.29) is 13.2 Å². The van der Waals surface area contributed by atoms with E-state index in [9.17, 15) is 16.8 Å². The molecule has 266 valence electrons. The molecule has 4 aromatic rings. The molecule has 0 bridgehead atoms. The summed E-state index contributed by atoms with van der Waals surface area (Å²) < 4.78 is 78.7. The molecule has 0 spiro atoms. The Balaban J connectivity index is 0.000000266. The van der Waals surface area contributed by atoms with Gasteiger partial charge in [-0.3, -0.25) is 4.55 Å². The van der Waals surface area contributed by atoms with Crippen LogP contribution in [0, 0.1) is 0 Å². The van der Waals surface area contributed by atoms with Gasteiger partial charge >= 0.3 is 31.1 Å². The van der Waals surface area contributed by atoms with Gasteiger partial charge in [0.1, 0.15) is 34.4 Å². The van der Waals surface area contributed by atoms with E-state index in [2.05, 4.69) is 33.4 Å². The summed E-state index contributed by atoms with van der Waals surface area (Å²) in [6, 6.07) is 14.2. The summed E-state index contributed by atoms with van der Waals surface area (Å²) in [5, 5.41) is 19.1. The zero-order valence-electron chi connectivity index (χ0n) is 27.4. The van der Waals surface area contributed by atoms with Gasteiger partial charge < -0.3 is 4.90 Å². The van der Waals surface area contributed by atoms with Crippen molar-refractivity contribution in [3.63, 3.8) is 0 Å². The molecule has 0 saturated carbocycles. The smallest absolute Gasteiger partial charge is 0.369 e. The largest absolute Gasteiger partial charge is 0.421 e. The lowest BCUT2D eigenvalue weighted by atomic mass is 10.2. The van der Waals surface area contributed by atoms with Crippen molar-refractivity contribution in [3.05, 3.63) is 61.2 Å². The maximum atomic E-state index is 11.7. The van der Waals surface area contributed by atoms with Gasteiger partial charge in [0.05, 0.1) is 33.0 Å². The molecule has 0 aliphatic rings. The average molecular weight is 759 g/mol. The lowest BCUT2D eigenvalue weighted by Gasteiger charge is -2.22. The molecule has 0 aliphatic carbocycles. The van der Waals surface area contributed by atoms with Gasteiger partial charge in [0.15, 0.2) is 0 Å². The van der Waals surface area contributed by atoms with E-state index in [1.54, 1.807) is 53.0 Å². The van der Waals surface area contributed by atoms with Crippen LogP contribution in [0.1, 0.15) is 27.2 Å². The quantitative estimate of drug-likeness (QED) is 0.0665. The summed E-state index contributed by atoms with van der Waals surface area (Å²) >= 11 is 2.49. The first kappa shape index (κ1) is 39.5. The second-order valence-corrected chi connectivity index (χ2v) is 13.5. The fourth-order valence-electron chi connectivity index (χ4n) is 3.62. The molecule has 2 heterocycles. The number of hydrogen-bond donors (Lipinski definition) is 1. The molecule has 0 fully saturated rings. The first-order valence-electron chi connectivity index (χ1n) is 14.7. The monoisotopic (exact) mass is 758 g/mol. The van der Waals surface area contributed by atoms with Crippen LogP contribution in [0.15, 0.2) is 81.6 Å². The van der Waals surface area contributed by atoms with Crippen molar-refractivity contribution in [1.29, 1.82) is 0 Å². The number of anilines is 2. The average Bonchev–Trinajstić information content (AvgIpc) is 3.69. The van der Waals surface area contributed by atoms with Crippen LogP contribution in [0.25, 0.3) is 0 Å². The lowest BCUT2D eigenvalue weighted by molar-refractivity contribution is -0.656. The molecule has 0 radical (unpaired) electrons. The third kappa shape index (κ3) is 13.9. The van der Waals surface area contributed by atoms with E-state index >= 15 is 0 Å². The lowest BCUT2D eigenvalue weighted by Crippen LogP contribution is -2.28. The normalized spacial score (nSPS) is 12.0. The Labute approximate surface area is 293 Å². The van der Waals surface area contributed by atoms with Gasteiger partial charge in [-0.05, 0) is 77.5 Å². The van der Waals surface area contributed by atoms with Gasteiger partial charge in [-0.15, -0.1) is 4.28 Å². The maximum Gasteiger partial charge on any atom is 0.421 e. The minimum absolute atomic E-state index is 0.0776. The van der Waals surface area contributed by atoms with Crippen molar-refractivity contribution < 1.29 is 43.2 Å². The standard InChI is InChI=1S/C14H20N5O4S2.C13H17N5O4S2/c1-4-10-22-25(20,21)23-19(5-2)13-8-6-12(7-9-13)16-17-14-18(3)11-15-24-14;1-3-18(8-9-22-24(19,20)21)12-6-4-11(5-7-12)15-16-13-17(2)10-14-23-13/h6-9,11H,4-5,10H2,1-3H3;4-7,10H,3,8-9H2,1-2H3/q+1;/p+1. The van der Waals surface area contributed by atoms with Gasteiger partial charge in [-0.1, -0.05) is 17.2 Å². The molecule has 0 aliphatic heterocycles. The summed E-state index contributed by atoms with van der Waals surface area (Å²) in [5.74, 6) is 0. The van der Waals surface area contributed by atoms with E-state index in [0.717, 1.165) is 5.69 Å². The van der Waals surface area contributed by atoms with E-state index in [1.165, 1.54) is 28.1 Å². The Morgan fingerprint density at radius 1 is 0.735 bits per heavy atom. The molecule has 49 heavy (non-hydrogen) atoms. The highest BCUT2D eigenvalue weighted by molar-refractivity contribution is 7.82. The van der Waals surface area contributed by atoms with Crippen LogP contribution in [0.4, 0.5) is 33.0 Å². The molecule has 2 aromatic carbocycles. The third-order valence-electron chi connectivity index (χ3n) is 6.04. The van der Waals surface area contributed by atoms with Crippen LogP contribution in [0.5, 0.6) is 0 Å². The number of aryl methyl sites for hydroxylation is 2. The highest BCUT2D eigenvalue weighted by Gasteiger charge is 2.18. The first-order valence-corrected chi connectivity index (χ1v) is 19.0. The van der Waals surface area contributed by atoms with Crippen LogP contribution in [0.2, 0.25) is 0 Å². The molecule has 0 unspecified atom stereocenters. The molecule has 0 saturated heterocycles. The zero-order valence-corrected chi connectivity index (χ0v) is 30.7. The summed E-state index contributed by atoms with van der Waals surface area (Å²) in [6.07, 6.45) is 3.89. The number of benzene rings is 2. The molecule has 18 nitrogen and oxygen atoms in total. The molecule has 4 rings (SSSR count). The Kier molecular flexibility index (Phi) is 15.6. The van der Waals surface area contributed by atoms with Crippen molar-refractivity contribution in [2.24, 2.45) is 34.6 Å². The number of nitrogens with zero attached hydrogens (tertiary/aromatic N) is 10. The Bertz CT molecular complexity index is 1870. The molecular formula is C27H38N10O8S4+2. The number of hydroxylamine groups is 1. The molecular weight excluding hydrogens is 721 g/mol. The van der Waals surface area contributed by atoms with Crippen molar-refractivity contribution in [2.75, 3.05) is 42.8 Å².